The van der Waals surface area contributed by atoms with Crippen molar-refractivity contribution in [3.8, 4) is 0 Å². The highest BCUT2D eigenvalue weighted by Gasteiger charge is 2.46. The van der Waals surface area contributed by atoms with Crippen molar-refractivity contribution in [3.05, 3.63) is 35.5 Å². The van der Waals surface area contributed by atoms with Gasteiger partial charge in [0.1, 0.15) is 0 Å². The summed E-state index contributed by atoms with van der Waals surface area (Å²) < 4.78 is 0. The highest BCUT2D eigenvalue weighted by molar-refractivity contribution is 5.35. The van der Waals surface area contributed by atoms with Gasteiger partial charge >= 0.3 is 0 Å². The van der Waals surface area contributed by atoms with Gasteiger partial charge in [-0.05, 0) is 80.1 Å². The molecular weight excluding hydrogens is 252 g/mol. The first-order chi connectivity index (χ1) is 10.0. The maximum Gasteiger partial charge on any atom is -0.0143 e. The van der Waals surface area contributed by atoms with Crippen LogP contribution in [0.2, 0.25) is 0 Å². The van der Waals surface area contributed by atoms with E-state index in [2.05, 4.69) is 39.5 Å². The molecule has 0 radical (unpaired) electrons. The van der Waals surface area contributed by atoms with Gasteiger partial charge in [0.2, 0.25) is 0 Å². The first-order valence-corrected chi connectivity index (χ1v) is 9.08. The van der Waals surface area contributed by atoms with Gasteiger partial charge in [0, 0.05) is 0 Å². The van der Waals surface area contributed by atoms with E-state index in [1.165, 1.54) is 62.5 Å². The fourth-order valence-electron chi connectivity index (χ4n) is 5.09. The maximum absolute atomic E-state index is 4.29. The van der Waals surface area contributed by atoms with Crippen molar-refractivity contribution in [2.75, 3.05) is 0 Å². The quantitative estimate of drug-likeness (QED) is 0.519. The minimum Gasteiger partial charge on any atom is -0.0956 e. The van der Waals surface area contributed by atoms with Gasteiger partial charge in [-0.3, -0.25) is 0 Å². The summed E-state index contributed by atoms with van der Waals surface area (Å²) in [7, 11) is 0. The zero-order chi connectivity index (χ0) is 15.0. The van der Waals surface area contributed by atoms with Crippen LogP contribution in [0.25, 0.3) is 0 Å². The number of hydrogen-bond donors (Lipinski definition) is 0. The predicted octanol–water partition coefficient (Wildman–Crippen LogP) is 6.45. The largest absolute Gasteiger partial charge is 0.0956 e. The molecule has 0 aromatic heterocycles. The molecular formula is C21H32. The predicted molar refractivity (Wildman–Crippen MR) is 92.2 cm³/mol. The molecule has 3 saturated carbocycles. The molecule has 0 amide bonds. The molecule has 0 aliphatic heterocycles. The van der Waals surface area contributed by atoms with Crippen molar-refractivity contribution in [2.24, 2.45) is 23.2 Å². The Bertz CT molecular complexity index is 478. The van der Waals surface area contributed by atoms with Crippen LogP contribution in [-0.2, 0) is 0 Å². The van der Waals surface area contributed by atoms with Crippen molar-refractivity contribution < 1.29 is 0 Å². The normalized spacial score (nSPS) is 44.3. The Morgan fingerprint density at radius 2 is 1.90 bits per heavy atom. The van der Waals surface area contributed by atoms with Crippen LogP contribution in [-0.4, -0.2) is 0 Å². The molecule has 0 heterocycles. The third kappa shape index (κ3) is 2.79. The van der Waals surface area contributed by atoms with Crippen molar-refractivity contribution in [1.29, 1.82) is 0 Å². The molecule has 0 aromatic rings. The molecule has 3 aliphatic rings. The van der Waals surface area contributed by atoms with E-state index in [1.807, 2.05) is 0 Å². The molecule has 0 unspecified atom stereocenters. The summed E-state index contributed by atoms with van der Waals surface area (Å²) in [5.41, 5.74) is 5.24. The van der Waals surface area contributed by atoms with Crippen molar-refractivity contribution in [2.45, 2.75) is 72.1 Å². The molecule has 21 heavy (non-hydrogen) atoms. The lowest BCUT2D eigenvalue weighted by atomic mass is 9.64. The van der Waals surface area contributed by atoms with Crippen LogP contribution in [0.3, 0.4) is 0 Å². The second-order valence-corrected chi connectivity index (χ2v) is 8.28. The molecule has 0 aromatic carbocycles. The molecule has 0 nitrogen and oxygen atoms in total. The van der Waals surface area contributed by atoms with Crippen molar-refractivity contribution in [3.63, 3.8) is 0 Å². The molecule has 0 N–H and O–H groups in total. The summed E-state index contributed by atoms with van der Waals surface area (Å²) in [6.07, 6.45) is 15.7. The van der Waals surface area contributed by atoms with Crippen LogP contribution >= 0.6 is 0 Å². The number of fused-ring (bicyclic) bond motifs is 1. The van der Waals surface area contributed by atoms with Crippen LogP contribution in [0.15, 0.2) is 35.5 Å². The summed E-state index contributed by atoms with van der Waals surface area (Å²) >= 11 is 0. The highest BCUT2D eigenvalue weighted by atomic mass is 14.5. The van der Waals surface area contributed by atoms with E-state index >= 15 is 0 Å². The van der Waals surface area contributed by atoms with Gasteiger partial charge in [0.05, 0.1) is 0 Å². The van der Waals surface area contributed by atoms with Gasteiger partial charge in [-0.1, -0.05) is 50.6 Å². The SMILES string of the molecule is C=C1CC[C@H](C)C/C1=C/C=C1\CCC[C@]2(C)[C@@H](C)CC[C@@H]12. The average molecular weight is 284 g/mol. The number of rotatable bonds is 1. The molecule has 3 fully saturated rings. The van der Waals surface area contributed by atoms with Gasteiger partial charge in [-0.2, -0.15) is 0 Å². The highest BCUT2D eigenvalue weighted by Crippen LogP contribution is 2.57. The maximum atomic E-state index is 4.29. The second-order valence-electron chi connectivity index (χ2n) is 8.28. The van der Waals surface area contributed by atoms with Crippen LogP contribution < -0.4 is 0 Å². The second kappa shape index (κ2) is 5.78. The van der Waals surface area contributed by atoms with Crippen LogP contribution in [0.1, 0.15) is 72.1 Å². The lowest BCUT2D eigenvalue weighted by molar-refractivity contribution is 0.147. The molecule has 0 bridgehead atoms. The minimum absolute atomic E-state index is 0.583. The lowest BCUT2D eigenvalue weighted by Crippen LogP contribution is -2.31. The third-order valence-corrected chi connectivity index (χ3v) is 6.90. The Hall–Kier alpha value is -0.780. The summed E-state index contributed by atoms with van der Waals surface area (Å²) in [6, 6.07) is 0. The monoisotopic (exact) mass is 284 g/mol. The zero-order valence-corrected chi connectivity index (χ0v) is 14.3. The Morgan fingerprint density at radius 1 is 1.10 bits per heavy atom. The minimum atomic E-state index is 0.583. The molecule has 0 heteroatoms. The van der Waals surface area contributed by atoms with Crippen LogP contribution in [0.4, 0.5) is 0 Å². The zero-order valence-electron chi connectivity index (χ0n) is 14.3. The van der Waals surface area contributed by atoms with E-state index in [1.54, 1.807) is 5.57 Å². The fraction of sp³-hybridized carbons (Fsp3) is 0.714. The van der Waals surface area contributed by atoms with Crippen LogP contribution in [0.5, 0.6) is 0 Å². The molecule has 3 rings (SSSR count). The van der Waals surface area contributed by atoms with Gasteiger partial charge in [-0.15, -0.1) is 0 Å². The molecule has 0 spiro atoms. The average Bonchev–Trinajstić information content (AvgIpc) is 2.76. The van der Waals surface area contributed by atoms with Crippen molar-refractivity contribution >= 4 is 0 Å². The van der Waals surface area contributed by atoms with Gasteiger partial charge < -0.3 is 0 Å². The van der Waals surface area contributed by atoms with Crippen LogP contribution in [0, 0.1) is 23.2 Å². The Balaban J connectivity index is 1.81. The lowest BCUT2D eigenvalue weighted by Gasteiger charge is -2.41. The Morgan fingerprint density at radius 3 is 2.71 bits per heavy atom. The van der Waals surface area contributed by atoms with E-state index in [9.17, 15) is 0 Å². The molecule has 4 atom stereocenters. The summed E-state index contributed by atoms with van der Waals surface area (Å²) in [4.78, 5) is 0. The van der Waals surface area contributed by atoms with Gasteiger partial charge in [-0.25, -0.2) is 0 Å². The fourth-order valence-corrected chi connectivity index (χ4v) is 5.09. The topological polar surface area (TPSA) is 0 Å². The summed E-state index contributed by atoms with van der Waals surface area (Å²) in [5.74, 6) is 2.60. The number of allylic oxidation sites excluding steroid dienone is 5. The number of hydrogen-bond acceptors (Lipinski definition) is 0. The van der Waals surface area contributed by atoms with E-state index in [4.69, 9.17) is 0 Å². The van der Waals surface area contributed by atoms with E-state index < -0.39 is 0 Å². The van der Waals surface area contributed by atoms with E-state index in [0.29, 0.717) is 5.41 Å². The van der Waals surface area contributed by atoms with Gasteiger partial charge in [0.15, 0.2) is 0 Å². The summed E-state index contributed by atoms with van der Waals surface area (Å²) in [6.45, 7) is 11.7. The van der Waals surface area contributed by atoms with Crippen molar-refractivity contribution in [1.82, 2.24) is 0 Å². The van der Waals surface area contributed by atoms with Gasteiger partial charge in [0.25, 0.3) is 0 Å². The smallest absolute Gasteiger partial charge is 0.0143 e. The molecule has 3 aliphatic carbocycles. The Labute approximate surface area is 131 Å². The standard InChI is InChI=1S/C21H32/c1-15-7-8-16(2)19(14-15)11-10-18-6-5-13-21(4)17(3)9-12-20(18)21/h10-11,15,17,20H,2,5-9,12-14H2,1,3-4H3/b18-10+,19-11-/t15-,17-,20-,21+/m0/s1. The van der Waals surface area contributed by atoms with E-state index in [-0.39, 0.29) is 0 Å². The molecule has 0 saturated heterocycles. The molecule has 116 valence electrons. The first kappa shape index (κ1) is 15.1. The first-order valence-electron chi connectivity index (χ1n) is 9.08. The summed E-state index contributed by atoms with van der Waals surface area (Å²) in [5, 5.41) is 0. The van der Waals surface area contributed by atoms with E-state index in [0.717, 1.165) is 17.8 Å². The Kier molecular flexibility index (Phi) is 4.17. The third-order valence-electron chi connectivity index (χ3n) is 6.90.